The van der Waals surface area contributed by atoms with E-state index in [4.69, 9.17) is 9.47 Å². The lowest BCUT2D eigenvalue weighted by atomic mass is 10.2. The number of morpholine rings is 1. The van der Waals surface area contributed by atoms with Crippen LogP contribution in [0.2, 0.25) is 0 Å². The van der Waals surface area contributed by atoms with Gasteiger partial charge in [0, 0.05) is 46.8 Å². The number of nitrogens with zero attached hydrogens (tertiary/aromatic N) is 3. The number of nitrogens with one attached hydrogen (secondary N) is 1. The van der Waals surface area contributed by atoms with E-state index in [-0.39, 0.29) is 0 Å². The van der Waals surface area contributed by atoms with E-state index in [1.54, 1.807) is 0 Å². The highest BCUT2D eigenvalue weighted by molar-refractivity contribution is 5.79. The normalized spacial score (nSPS) is 15.4. The summed E-state index contributed by atoms with van der Waals surface area (Å²) in [6, 6.07) is 8.25. The SMILES string of the molecule is C=CCCCN(C)C(=NC)NCc1cccc(OCCN2CCOCC2)c1. The fourth-order valence-corrected chi connectivity index (χ4v) is 3.01. The number of hydrogen-bond donors (Lipinski definition) is 1. The van der Waals surface area contributed by atoms with Gasteiger partial charge >= 0.3 is 0 Å². The van der Waals surface area contributed by atoms with Crippen LogP contribution in [-0.4, -0.2) is 75.9 Å². The van der Waals surface area contributed by atoms with Gasteiger partial charge in [-0.2, -0.15) is 0 Å². The molecule has 0 radical (unpaired) electrons. The quantitative estimate of drug-likeness (QED) is 0.295. The summed E-state index contributed by atoms with van der Waals surface area (Å²) in [5.41, 5.74) is 1.18. The third kappa shape index (κ3) is 8.01. The predicted octanol–water partition coefficient (Wildman–Crippen LogP) is 2.37. The molecule has 0 amide bonds. The highest BCUT2D eigenvalue weighted by Crippen LogP contribution is 2.13. The Morgan fingerprint density at radius 1 is 1.41 bits per heavy atom. The minimum Gasteiger partial charge on any atom is -0.492 e. The molecular weight excluding hydrogens is 340 g/mol. The van der Waals surface area contributed by atoms with Gasteiger partial charge in [-0.05, 0) is 30.5 Å². The average Bonchev–Trinajstić information content (AvgIpc) is 2.70. The molecule has 1 aromatic carbocycles. The van der Waals surface area contributed by atoms with Crippen molar-refractivity contribution < 1.29 is 9.47 Å². The van der Waals surface area contributed by atoms with Crippen molar-refractivity contribution in [1.82, 2.24) is 15.1 Å². The fourth-order valence-electron chi connectivity index (χ4n) is 3.01. The molecule has 0 bridgehead atoms. The van der Waals surface area contributed by atoms with Crippen LogP contribution in [0, 0.1) is 0 Å². The van der Waals surface area contributed by atoms with Gasteiger partial charge in [-0.15, -0.1) is 6.58 Å². The van der Waals surface area contributed by atoms with E-state index in [1.807, 2.05) is 25.3 Å². The van der Waals surface area contributed by atoms with E-state index >= 15 is 0 Å². The van der Waals surface area contributed by atoms with Crippen LogP contribution in [0.4, 0.5) is 0 Å². The Hall–Kier alpha value is -2.05. The van der Waals surface area contributed by atoms with E-state index in [9.17, 15) is 0 Å². The van der Waals surface area contributed by atoms with E-state index in [2.05, 4.69) is 45.9 Å². The van der Waals surface area contributed by atoms with E-state index in [0.717, 1.165) is 70.5 Å². The number of rotatable bonds is 10. The lowest BCUT2D eigenvalue weighted by molar-refractivity contribution is 0.0322. The number of aliphatic imine (C=N–C) groups is 1. The average molecular weight is 375 g/mol. The Morgan fingerprint density at radius 3 is 2.96 bits per heavy atom. The maximum absolute atomic E-state index is 5.94. The van der Waals surface area contributed by atoms with Gasteiger partial charge in [0.1, 0.15) is 12.4 Å². The second-order valence-corrected chi connectivity index (χ2v) is 6.70. The van der Waals surface area contributed by atoms with Crippen LogP contribution in [0.3, 0.4) is 0 Å². The van der Waals surface area contributed by atoms with Crippen molar-refractivity contribution in [3.05, 3.63) is 42.5 Å². The summed E-state index contributed by atoms with van der Waals surface area (Å²) in [7, 11) is 3.88. The van der Waals surface area contributed by atoms with Gasteiger partial charge < -0.3 is 19.7 Å². The molecular formula is C21H34N4O2. The zero-order chi connectivity index (χ0) is 19.3. The van der Waals surface area contributed by atoms with E-state index in [0.29, 0.717) is 6.61 Å². The van der Waals surface area contributed by atoms with E-state index < -0.39 is 0 Å². The Kier molecular flexibility index (Phi) is 9.73. The van der Waals surface area contributed by atoms with Crippen LogP contribution in [0.1, 0.15) is 18.4 Å². The summed E-state index contributed by atoms with van der Waals surface area (Å²) >= 11 is 0. The van der Waals surface area contributed by atoms with Crippen LogP contribution < -0.4 is 10.1 Å². The Morgan fingerprint density at radius 2 is 2.22 bits per heavy atom. The molecule has 1 aliphatic heterocycles. The first-order valence-corrected chi connectivity index (χ1v) is 9.77. The summed E-state index contributed by atoms with van der Waals surface area (Å²) in [5, 5.41) is 3.42. The number of ether oxygens (including phenoxy) is 2. The Labute approximate surface area is 163 Å². The van der Waals surface area contributed by atoms with Gasteiger partial charge in [0.25, 0.3) is 0 Å². The monoisotopic (exact) mass is 374 g/mol. The largest absolute Gasteiger partial charge is 0.492 e. The minimum absolute atomic E-state index is 0.699. The molecule has 0 aliphatic carbocycles. The second-order valence-electron chi connectivity index (χ2n) is 6.70. The zero-order valence-electron chi connectivity index (χ0n) is 16.8. The molecule has 150 valence electrons. The number of unbranched alkanes of at least 4 members (excludes halogenated alkanes) is 1. The number of guanidine groups is 1. The molecule has 1 N–H and O–H groups in total. The standard InChI is InChI=1S/C21H34N4O2/c1-4-5-6-10-24(3)21(22-2)23-18-19-8-7-9-20(17-19)27-16-13-25-11-14-26-15-12-25/h4,7-9,17H,1,5-6,10-16,18H2,2-3H3,(H,22,23). The Bertz CT molecular complexity index is 585. The van der Waals surface area contributed by atoms with Gasteiger partial charge in [0.05, 0.1) is 13.2 Å². The van der Waals surface area contributed by atoms with Crippen LogP contribution >= 0.6 is 0 Å². The molecule has 1 aromatic rings. The summed E-state index contributed by atoms with van der Waals surface area (Å²) in [5.74, 6) is 1.81. The first-order chi connectivity index (χ1) is 13.2. The van der Waals surface area contributed by atoms with Crippen LogP contribution in [-0.2, 0) is 11.3 Å². The molecule has 0 saturated carbocycles. The Balaban J connectivity index is 1.75. The summed E-state index contributed by atoms with van der Waals surface area (Å²) < 4.78 is 11.3. The topological polar surface area (TPSA) is 49.3 Å². The lowest BCUT2D eigenvalue weighted by Crippen LogP contribution is -2.39. The van der Waals surface area contributed by atoms with Crippen molar-refractivity contribution in [3.8, 4) is 5.75 Å². The molecule has 0 aromatic heterocycles. The van der Waals surface area contributed by atoms with Crippen molar-refractivity contribution in [2.75, 3.05) is 60.1 Å². The summed E-state index contributed by atoms with van der Waals surface area (Å²) in [6.07, 6.45) is 4.05. The molecule has 1 saturated heterocycles. The summed E-state index contributed by atoms with van der Waals surface area (Å²) in [4.78, 5) is 8.89. The lowest BCUT2D eigenvalue weighted by Gasteiger charge is -2.26. The molecule has 0 unspecified atom stereocenters. The fraction of sp³-hybridized carbons (Fsp3) is 0.571. The minimum atomic E-state index is 0.699. The zero-order valence-corrected chi connectivity index (χ0v) is 16.8. The number of allylic oxidation sites excluding steroid dienone is 1. The van der Waals surface area contributed by atoms with Crippen molar-refractivity contribution in [3.63, 3.8) is 0 Å². The first-order valence-electron chi connectivity index (χ1n) is 9.77. The molecule has 1 aliphatic rings. The highest BCUT2D eigenvalue weighted by atomic mass is 16.5. The molecule has 0 atom stereocenters. The van der Waals surface area contributed by atoms with Gasteiger partial charge in [-0.25, -0.2) is 0 Å². The highest BCUT2D eigenvalue weighted by Gasteiger charge is 2.10. The second kappa shape index (κ2) is 12.4. The number of benzene rings is 1. The molecule has 6 heteroatoms. The van der Waals surface area contributed by atoms with Crippen molar-refractivity contribution in [2.45, 2.75) is 19.4 Å². The van der Waals surface area contributed by atoms with Gasteiger partial charge in [0.2, 0.25) is 0 Å². The maximum Gasteiger partial charge on any atom is 0.193 e. The van der Waals surface area contributed by atoms with Crippen molar-refractivity contribution in [1.29, 1.82) is 0 Å². The van der Waals surface area contributed by atoms with Crippen LogP contribution in [0.15, 0.2) is 41.9 Å². The molecule has 2 rings (SSSR count). The molecule has 0 spiro atoms. The smallest absolute Gasteiger partial charge is 0.193 e. The first kappa shape index (κ1) is 21.3. The predicted molar refractivity (Wildman–Crippen MR) is 111 cm³/mol. The summed E-state index contributed by atoms with van der Waals surface area (Å²) in [6.45, 7) is 10.7. The van der Waals surface area contributed by atoms with E-state index in [1.165, 1.54) is 5.56 Å². The van der Waals surface area contributed by atoms with Gasteiger partial charge in [0.15, 0.2) is 5.96 Å². The van der Waals surface area contributed by atoms with Gasteiger partial charge in [-0.3, -0.25) is 9.89 Å². The maximum atomic E-state index is 5.94. The molecule has 1 fully saturated rings. The molecule has 1 heterocycles. The van der Waals surface area contributed by atoms with Crippen LogP contribution in [0.5, 0.6) is 5.75 Å². The van der Waals surface area contributed by atoms with Gasteiger partial charge in [-0.1, -0.05) is 18.2 Å². The number of hydrogen-bond acceptors (Lipinski definition) is 4. The third-order valence-electron chi connectivity index (χ3n) is 4.60. The van der Waals surface area contributed by atoms with Crippen molar-refractivity contribution in [2.24, 2.45) is 4.99 Å². The van der Waals surface area contributed by atoms with Crippen LogP contribution in [0.25, 0.3) is 0 Å². The third-order valence-corrected chi connectivity index (χ3v) is 4.60. The van der Waals surface area contributed by atoms with Crippen molar-refractivity contribution >= 4 is 5.96 Å². The molecule has 6 nitrogen and oxygen atoms in total. The molecule has 27 heavy (non-hydrogen) atoms.